The van der Waals surface area contributed by atoms with Crippen LogP contribution in [0.2, 0.25) is 0 Å². The molecule has 8 heteroatoms. The molecule has 1 saturated heterocycles. The Balaban J connectivity index is 0.00000264. The molecular formula is C15H21BrClN3O2S. The molecule has 0 aromatic heterocycles. The Hall–Kier alpha value is -0.760. The topological polar surface area (TPSA) is 70.2 Å². The molecule has 3 N–H and O–H groups in total. The first-order valence-corrected chi connectivity index (χ1v) is 9.13. The minimum Gasteiger partial charge on any atom is -0.347 e. The molecule has 0 saturated carbocycles. The largest absolute Gasteiger partial charge is 0.347 e. The van der Waals surface area contributed by atoms with Crippen LogP contribution in [0.3, 0.4) is 0 Å². The van der Waals surface area contributed by atoms with E-state index in [0.717, 1.165) is 33.8 Å². The lowest BCUT2D eigenvalue weighted by Crippen LogP contribution is -2.42. The van der Waals surface area contributed by atoms with Gasteiger partial charge in [0.2, 0.25) is 11.8 Å². The number of hydrogen-bond donors (Lipinski definition) is 3. The molecule has 23 heavy (non-hydrogen) atoms. The van der Waals surface area contributed by atoms with Crippen LogP contribution in [0.1, 0.15) is 12.0 Å². The molecule has 0 bridgehead atoms. The Labute approximate surface area is 155 Å². The van der Waals surface area contributed by atoms with Gasteiger partial charge in [0.15, 0.2) is 0 Å². The first-order valence-electron chi connectivity index (χ1n) is 7.18. The molecule has 2 amide bonds. The van der Waals surface area contributed by atoms with E-state index in [4.69, 9.17) is 0 Å². The minimum atomic E-state index is -0.218. The lowest BCUT2D eigenvalue weighted by atomic mass is 10.2. The summed E-state index contributed by atoms with van der Waals surface area (Å²) in [7, 11) is 0. The summed E-state index contributed by atoms with van der Waals surface area (Å²) < 4.78 is 0.967. The van der Waals surface area contributed by atoms with Gasteiger partial charge < -0.3 is 16.0 Å². The molecule has 0 aliphatic carbocycles. The van der Waals surface area contributed by atoms with E-state index in [2.05, 4.69) is 31.9 Å². The van der Waals surface area contributed by atoms with Gasteiger partial charge in [-0.25, -0.2) is 0 Å². The highest BCUT2D eigenvalue weighted by atomic mass is 79.9. The van der Waals surface area contributed by atoms with Crippen molar-refractivity contribution in [3.8, 4) is 0 Å². The van der Waals surface area contributed by atoms with Gasteiger partial charge in [-0.2, -0.15) is 11.8 Å². The third kappa shape index (κ3) is 7.12. The number of thioether (sulfide) groups is 1. The molecule has 1 unspecified atom stereocenters. The molecule has 5 nitrogen and oxygen atoms in total. The van der Waals surface area contributed by atoms with Crippen molar-refractivity contribution < 1.29 is 9.59 Å². The predicted molar refractivity (Wildman–Crippen MR) is 101 cm³/mol. The van der Waals surface area contributed by atoms with Crippen molar-refractivity contribution in [1.29, 1.82) is 0 Å². The molecule has 1 heterocycles. The second-order valence-electron chi connectivity index (χ2n) is 5.21. The average Bonchev–Trinajstić information content (AvgIpc) is 2.49. The quantitative estimate of drug-likeness (QED) is 0.681. The van der Waals surface area contributed by atoms with Gasteiger partial charge in [-0.15, -0.1) is 12.4 Å². The number of carbonyl (C=O) groups is 2. The number of anilines is 1. The van der Waals surface area contributed by atoms with E-state index < -0.39 is 0 Å². The number of aryl methyl sites for hydroxylation is 1. The van der Waals surface area contributed by atoms with Crippen LogP contribution in [-0.2, 0) is 9.59 Å². The highest BCUT2D eigenvalue weighted by Gasteiger charge is 2.17. The van der Waals surface area contributed by atoms with E-state index in [0.29, 0.717) is 6.42 Å². The smallest absolute Gasteiger partial charge is 0.243 e. The Kier molecular flexibility index (Phi) is 8.98. The molecule has 128 valence electrons. The van der Waals surface area contributed by atoms with Gasteiger partial charge in [0.05, 0.1) is 6.54 Å². The number of carbonyl (C=O) groups excluding carboxylic acids is 2. The summed E-state index contributed by atoms with van der Waals surface area (Å²) in [6, 6.07) is 5.84. The van der Waals surface area contributed by atoms with Gasteiger partial charge >= 0.3 is 0 Å². The third-order valence-corrected chi connectivity index (χ3v) is 4.96. The van der Waals surface area contributed by atoms with Crippen LogP contribution >= 0.6 is 40.1 Å². The van der Waals surface area contributed by atoms with Crippen LogP contribution in [-0.4, -0.2) is 42.5 Å². The molecule has 0 spiro atoms. The molecule has 1 atom stereocenters. The van der Waals surface area contributed by atoms with E-state index in [-0.39, 0.29) is 36.8 Å². The van der Waals surface area contributed by atoms with Crippen molar-refractivity contribution in [2.45, 2.75) is 19.4 Å². The van der Waals surface area contributed by atoms with E-state index >= 15 is 0 Å². The molecule has 1 aliphatic heterocycles. The van der Waals surface area contributed by atoms with Crippen LogP contribution < -0.4 is 16.0 Å². The van der Waals surface area contributed by atoms with E-state index in [9.17, 15) is 9.59 Å². The molecule has 1 aromatic rings. The van der Waals surface area contributed by atoms with E-state index in [1.165, 1.54) is 0 Å². The summed E-state index contributed by atoms with van der Waals surface area (Å²) in [5.74, 6) is 1.72. The zero-order chi connectivity index (χ0) is 15.9. The lowest BCUT2D eigenvalue weighted by molar-refractivity contribution is -0.124. The van der Waals surface area contributed by atoms with Gasteiger partial charge in [0.25, 0.3) is 0 Å². The summed E-state index contributed by atoms with van der Waals surface area (Å²) >= 11 is 5.23. The van der Waals surface area contributed by atoms with Crippen molar-refractivity contribution in [1.82, 2.24) is 10.6 Å². The van der Waals surface area contributed by atoms with Crippen molar-refractivity contribution in [2.24, 2.45) is 0 Å². The van der Waals surface area contributed by atoms with E-state index in [1.807, 2.05) is 36.9 Å². The van der Waals surface area contributed by atoms with Crippen molar-refractivity contribution in [3.63, 3.8) is 0 Å². The Morgan fingerprint density at radius 3 is 2.83 bits per heavy atom. The van der Waals surface area contributed by atoms with Crippen molar-refractivity contribution >= 4 is 57.6 Å². The Morgan fingerprint density at radius 2 is 2.17 bits per heavy atom. The summed E-state index contributed by atoms with van der Waals surface area (Å²) in [6.07, 6.45) is 0.414. The fourth-order valence-corrected chi connectivity index (χ4v) is 3.61. The van der Waals surface area contributed by atoms with Gasteiger partial charge in [0, 0.05) is 40.7 Å². The number of amides is 2. The molecule has 1 aliphatic rings. The maximum atomic E-state index is 11.9. The lowest BCUT2D eigenvalue weighted by Gasteiger charge is -2.22. The molecule has 0 radical (unpaired) electrons. The number of halogens is 2. The average molecular weight is 423 g/mol. The second kappa shape index (κ2) is 10.2. The maximum absolute atomic E-state index is 11.9. The van der Waals surface area contributed by atoms with E-state index in [1.54, 1.807) is 0 Å². The van der Waals surface area contributed by atoms with Gasteiger partial charge in [0.1, 0.15) is 0 Å². The SMILES string of the molecule is Cc1cc(Br)ccc1NC(=O)CNC(=O)CC1CSCCN1.Cl. The molecule has 1 fully saturated rings. The third-order valence-electron chi connectivity index (χ3n) is 3.34. The van der Waals surface area contributed by atoms with Crippen LogP contribution in [0.25, 0.3) is 0 Å². The normalized spacial score (nSPS) is 17.0. The van der Waals surface area contributed by atoms with Crippen molar-refractivity contribution in [3.05, 3.63) is 28.2 Å². The standard InChI is InChI=1S/C15H20BrN3O2S.ClH/c1-10-6-11(16)2-3-13(10)19-15(21)8-18-14(20)7-12-9-22-5-4-17-12;/h2-3,6,12,17H,4-5,7-9H2,1H3,(H,18,20)(H,19,21);1H. The first kappa shape index (κ1) is 20.3. The van der Waals surface area contributed by atoms with Gasteiger partial charge in [-0.3, -0.25) is 9.59 Å². The fraction of sp³-hybridized carbons (Fsp3) is 0.467. The van der Waals surface area contributed by atoms with Gasteiger partial charge in [-0.05, 0) is 30.7 Å². The number of nitrogens with one attached hydrogen (secondary N) is 3. The Morgan fingerprint density at radius 1 is 1.39 bits per heavy atom. The second-order valence-corrected chi connectivity index (χ2v) is 7.28. The summed E-state index contributed by atoms with van der Waals surface area (Å²) in [4.78, 5) is 23.7. The highest BCUT2D eigenvalue weighted by molar-refractivity contribution is 9.10. The fourth-order valence-electron chi connectivity index (χ4n) is 2.19. The Bertz CT molecular complexity index is 554. The maximum Gasteiger partial charge on any atom is 0.243 e. The number of rotatable bonds is 5. The summed E-state index contributed by atoms with van der Waals surface area (Å²) in [5, 5.41) is 8.78. The summed E-state index contributed by atoms with van der Waals surface area (Å²) in [6.45, 7) is 2.85. The first-order chi connectivity index (χ1) is 10.5. The molecule has 1 aromatic carbocycles. The van der Waals surface area contributed by atoms with Crippen molar-refractivity contribution in [2.75, 3.05) is 29.9 Å². The number of benzene rings is 1. The summed E-state index contributed by atoms with van der Waals surface area (Å²) in [5.41, 5.74) is 1.73. The molecular weight excluding hydrogens is 402 g/mol. The monoisotopic (exact) mass is 421 g/mol. The van der Waals surface area contributed by atoms with Crippen LogP contribution in [0.4, 0.5) is 5.69 Å². The number of hydrogen-bond acceptors (Lipinski definition) is 4. The predicted octanol–water partition coefficient (Wildman–Crippen LogP) is 2.33. The van der Waals surface area contributed by atoms with Crippen LogP contribution in [0.5, 0.6) is 0 Å². The minimum absolute atomic E-state index is 0. The van der Waals surface area contributed by atoms with Gasteiger partial charge in [-0.1, -0.05) is 15.9 Å². The zero-order valence-corrected chi connectivity index (χ0v) is 16.1. The zero-order valence-electron chi connectivity index (χ0n) is 12.9. The highest BCUT2D eigenvalue weighted by Crippen LogP contribution is 2.19. The van der Waals surface area contributed by atoms with Crippen LogP contribution in [0, 0.1) is 6.92 Å². The molecule has 2 rings (SSSR count). The van der Waals surface area contributed by atoms with Crippen LogP contribution in [0.15, 0.2) is 22.7 Å².